The maximum Gasteiger partial charge on any atom is 0.277 e. The fourth-order valence-corrected chi connectivity index (χ4v) is 1.39. The van der Waals surface area contributed by atoms with Crippen molar-refractivity contribution in [3.8, 4) is 12.3 Å². The van der Waals surface area contributed by atoms with Gasteiger partial charge in [0.25, 0.3) is 10.2 Å². The molecule has 2 N–H and O–H groups in total. The van der Waals surface area contributed by atoms with Gasteiger partial charge in [-0.2, -0.15) is 13.1 Å². The second kappa shape index (κ2) is 5.14. The fraction of sp³-hybridized carbons (Fsp3) is 0.714. The van der Waals surface area contributed by atoms with E-state index in [1.54, 1.807) is 0 Å². The van der Waals surface area contributed by atoms with Gasteiger partial charge in [0.05, 0.1) is 6.04 Å². The molecule has 0 bridgehead atoms. The van der Waals surface area contributed by atoms with Crippen molar-refractivity contribution < 1.29 is 8.42 Å². The monoisotopic (exact) mass is 190 g/mol. The number of hydrogen-bond acceptors (Lipinski definition) is 2. The zero-order valence-corrected chi connectivity index (χ0v) is 8.11. The van der Waals surface area contributed by atoms with Gasteiger partial charge in [-0.3, -0.25) is 0 Å². The average molecular weight is 190 g/mol. The van der Waals surface area contributed by atoms with Gasteiger partial charge in [-0.25, -0.2) is 4.72 Å². The first kappa shape index (κ1) is 11.4. The Bertz CT molecular complexity index is 253. The van der Waals surface area contributed by atoms with E-state index in [0.717, 1.165) is 6.42 Å². The van der Waals surface area contributed by atoms with Gasteiger partial charge in [0, 0.05) is 7.05 Å². The van der Waals surface area contributed by atoms with E-state index >= 15 is 0 Å². The molecule has 1 atom stereocenters. The summed E-state index contributed by atoms with van der Waals surface area (Å²) in [6, 6.07) is -0.410. The van der Waals surface area contributed by atoms with Crippen LogP contribution in [0.4, 0.5) is 0 Å². The van der Waals surface area contributed by atoms with Crippen molar-refractivity contribution >= 4 is 10.2 Å². The number of hydrogen-bond donors (Lipinski definition) is 2. The maximum absolute atomic E-state index is 10.9. The van der Waals surface area contributed by atoms with Gasteiger partial charge in [0.15, 0.2) is 0 Å². The Morgan fingerprint density at radius 3 is 2.50 bits per heavy atom. The molecule has 0 aromatic rings. The SMILES string of the molecule is C#CC(CCC)NS(=O)(=O)NC. The Morgan fingerprint density at radius 2 is 2.17 bits per heavy atom. The summed E-state index contributed by atoms with van der Waals surface area (Å²) in [6.45, 7) is 1.94. The first-order valence-corrected chi connectivity index (χ1v) is 5.21. The molecule has 0 aliphatic carbocycles. The molecule has 1 unspecified atom stereocenters. The van der Waals surface area contributed by atoms with Crippen LogP contribution in [0.2, 0.25) is 0 Å². The van der Waals surface area contributed by atoms with Crippen LogP contribution in [0.25, 0.3) is 0 Å². The molecule has 12 heavy (non-hydrogen) atoms. The summed E-state index contributed by atoms with van der Waals surface area (Å²) in [6.07, 6.45) is 6.61. The Hall–Kier alpha value is -0.570. The van der Waals surface area contributed by atoms with E-state index < -0.39 is 16.3 Å². The molecule has 0 amide bonds. The van der Waals surface area contributed by atoms with Crippen LogP contribution in [0, 0.1) is 12.3 Å². The summed E-state index contributed by atoms with van der Waals surface area (Å²) in [5, 5.41) is 0. The zero-order chi connectivity index (χ0) is 9.61. The molecule has 0 heterocycles. The van der Waals surface area contributed by atoms with Gasteiger partial charge < -0.3 is 0 Å². The lowest BCUT2D eigenvalue weighted by Crippen LogP contribution is -2.40. The van der Waals surface area contributed by atoms with E-state index in [1.807, 2.05) is 6.92 Å². The minimum Gasteiger partial charge on any atom is -0.205 e. The van der Waals surface area contributed by atoms with Crippen LogP contribution in [0.5, 0.6) is 0 Å². The Balaban J connectivity index is 4.14. The minimum atomic E-state index is -3.40. The quantitative estimate of drug-likeness (QED) is 0.592. The Morgan fingerprint density at radius 1 is 1.58 bits per heavy atom. The molecule has 4 nitrogen and oxygen atoms in total. The van der Waals surface area contributed by atoms with Crippen molar-refractivity contribution in [1.29, 1.82) is 0 Å². The summed E-state index contributed by atoms with van der Waals surface area (Å²) in [7, 11) is -2.06. The van der Waals surface area contributed by atoms with Gasteiger partial charge in [-0.1, -0.05) is 19.3 Å². The maximum atomic E-state index is 10.9. The van der Waals surface area contributed by atoms with Crippen molar-refractivity contribution in [3.63, 3.8) is 0 Å². The van der Waals surface area contributed by atoms with E-state index in [-0.39, 0.29) is 0 Å². The molecule has 0 fully saturated rings. The minimum absolute atomic E-state index is 0.410. The summed E-state index contributed by atoms with van der Waals surface area (Å²) >= 11 is 0. The van der Waals surface area contributed by atoms with Crippen LogP contribution in [0.15, 0.2) is 0 Å². The molecule has 0 saturated carbocycles. The lowest BCUT2D eigenvalue weighted by atomic mass is 10.2. The number of nitrogens with one attached hydrogen (secondary N) is 2. The van der Waals surface area contributed by atoms with Gasteiger partial charge in [0.2, 0.25) is 0 Å². The van der Waals surface area contributed by atoms with Gasteiger partial charge >= 0.3 is 0 Å². The van der Waals surface area contributed by atoms with Gasteiger partial charge in [-0.15, -0.1) is 6.42 Å². The van der Waals surface area contributed by atoms with Crippen molar-refractivity contribution in [2.75, 3.05) is 7.05 Å². The van der Waals surface area contributed by atoms with E-state index in [1.165, 1.54) is 7.05 Å². The van der Waals surface area contributed by atoms with Gasteiger partial charge in [-0.05, 0) is 6.42 Å². The summed E-state index contributed by atoms with van der Waals surface area (Å²) in [5.74, 6) is 2.36. The van der Waals surface area contributed by atoms with E-state index in [0.29, 0.717) is 6.42 Å². The largest absolute Gasteiger partial charge is 0.277 e. The third kappa shape index (κ3) is 4.34. The molecular formula is C7H14N2O2S. The van der Waals surface area contributed by atoms with Crippen molar-refractivity contribution in [2.24, 2.45) is 0 Å². The first-order valence-electron chi connectivity index (χ1n) is 3.72. The highest BCUT2D eigenvalue weighted by molar-refractivity contribution is 7.87. The standard InChI is InChI=1S/C7H14N2O2S/c1-4-6-7(5-2)9-12(10,11)8-3/h2,7-9H,4,6H2,1,3H3. The van der Waals surface area contributed by atoms with Crippen LogP contribution in [0.3, 0.4) is 0 Å². The topological polar surface area (TPSA) is 58.2 Å². The summed E-state index contributed by atoms with van der Waals surface area (Å²) < 4.78 is 26.3. The van der Waals surface area contributed by atoms with Crippen LogP contribution >= 0.6 is 0 Å². The highest BCUT2D eigenvalue weighted by Crippen LogP contribution is 1.95. The van der Waals surface area contributed by atoms with Crippen LogP contribution in [0.1, 0.15) is 19.8 Å². The normalized spacial score (nSPS) is 13.8. The molecular weight excluding hydrogens is 176 g/mol. The van der Waals surface area contributed by atoms with Gasteiger partial charge in [0.1, 0.15) is 0 Å². The predicted octanol–water partition coefficient (Wildman–Crippen LogP) is -0.158. The Kier molecular flexibility index (Phi) is 4.90. The molecule has 5 heteroatoms. The van der Waals surface area contributed by atoms with Crippen LogP contribution in [-0.2, 0) is 10.2 Å². The van der Waals surface area contributed by atoms with Crippen molar-refractivity contribution in [3.05, 3.63) is 0 Å². The highest BCUT2D eigenvalue weighted by atomic mass is 32.2. The molecule has 0 spiro atoms. The lowest BCUT2D eigenvalue weighted by molar-refractivity contribution is 0.556. The molecule has 0 aliphatic heterocycles. The van der Waals surface area contributed by atoms with E-state index in [2.05, 4.69) is 15.4 Å². The van der Waals surface area contributed by atoms with E-state index in [4.69, 9.17) is 6.42 Å². The first-order chi connectivity index (χ1) is 5.55. The molecule has 0 aliphatic rings. The molecule has 0 radical (unpaired) electrons. The number of rotatable bonds is 5. The smallest absolute Gasteiger partial charge is 0.205 e. The Labute approximate surface area is 73.9 Å². The predicted molar refractivity (Wildman–Crippen MR) is 48.6 cm³/mol. The van der Waals surface area contributed by atoms with E-state index in [9.17, 15) is 8.42 Å². The molecule has 0 saturated heterocycles. The molecule has 70 valence electrons. The fourth-order valence-electron chi connectivity index (χ4n) is 0.711. The van der Waals surface area contributed by atoms with Crippen molar-refractivity contribution in [2.45, 2.75) is 25.8 Å². The highest BCUT2D eigenvalue weighted by Gasteiger charge is 2.11. The van der Waals surface area contributed by atoms with Crippen LogP contribution < -0.4 is 9.44 Å². The molecule has 0 rings (SSSR count). The number of terminal acetylenes is 1. The van der Waals surface area contributed by atoms with Crippen LogP contribution in [-0.4, -0.2) is 21.5 Å². The average Bonchev–Trinajstić information content (AvgIpc) is 2.03. The third-order valence-corrected chi connectivity index (χ3v) is 2.48. The second-order valence-electron chi connectivity index (χ2n) is 2.33. The molecule has 0 aromatic carbocycles. The molecule has 0 aromatic heterocycles. The summed E-state index contributed by atoms with van der Waals surface area (Å²) in [4.78, 5) is 0. The zero-order valence-electron chi connectivity index (χ0n) is 7.29. The lowest BCUT2D eigenvalue weighted by Gasteiger charge is -2.10. The van der Waals surface area contributed by atoms with Crippen molar-refractivity contribution in [1.82, 2.24) is 9.44 Å². The summed E-state index contributed by atoms with van der Waals surface area (Å²) in [5.41, 5.74) is 0. The third-order valence-electron chi connectivity index (χ3n) is 1.34. The second-order valence-corrected chi connectivity index (χ2v) is 3.98.